The van der Waals surface area contributed by atoms with Gasteiger partial charge in [0.1, 0.15) is 5.76 Å². The fourth-order valence-corrected chi connectivity index (χ4v) is 2.41. The summed E-state index contributed by atoms with van der Waals surface area (Å²) in [7, 11) is 1.72. The van der Waals surface area contributed by atoms with E-state index in [9.17, 15) is 4.79 Å². The zero-order valence-corrected chi connectivity index (χ0v) is 10.6. The average molecular weight is 250 g/mol. The van der Waals surface area contributed by atoms with Crippen molar-refractivity contribution in [2.24, 2.45) is 0 Å². The highest BCUT2D eigenvalue weighted by atomic mass is 16.5. The van der Waals surface area contributed by atoms with E-state index in [-0.39, 0.29) is 12.0 Å². The van der Waals surface area contributed by atoms with Crippen LogP contribution in [0.5, 0.6) is 0 Å². The molecule has 1 saturated heterocycles. The van der Waals surface area contributed by atoms with E-state index in [0.29, 0.717) is 11.6 Å². The second kappa shape index (κ2) is 4.72. The lowest BCUT2D eigenvalue weighted by Crippen LogP contribution is -2.40. The third-order valence-corrected chi connectivity index (χ3v) is 3.79. The third-order valence-electron chi connectivity index (χ3n) is 3.79. The summed E-state index contributed by atoms with van der Waals surface area (Å²) < 4.78 is 10.5. The summed E-state index contributed by atoms with van der Waals surface area (Å²) in [5.74, 6) is 1.35. The Morgan fingerprint density at radius 1 is 1.39 bits per heavy atom. The SMILES string of the molecule is COC1CCN(C(=O)c2cc(C3CC3)on2)CC1. The van der Waals surface area contributed by atoms with Gasteiger partial charge in [-0.1, -0.05) is 5.16 Å². The summed E-state index contributed by atoms with van der Waals surface area (Å²) in [6, 6.07) is 1.81. The Labute approximate surface area is 106 Å². The number of amides is 1. The van der Waals surface area contributed by atoms with Gasteiger partial charge in [-0.15, -0.1) is 0 Å². The van der Waals surface area contributed by atoms with Crippen LogP contribution in [-0.4, -0.2) is 42.3 Å². The topological polar surface area (TPSA) is 55.6 Å². The monoisotopic (exact) mass is 250 g/mol. The molecule has 2 aliphatic rings. The molecule has 2 heterocycles. The van der Waals surface area contributed by atoms with E-state index in [1.807, 2.05) is 11.0 Å². The Balaban J connectivity index is 1.63. The molecule has 5 heteroatoms. The van der Waals surface area contributed by atoms with E-state index >= 15 is 0 Å². The molecule has 1 aliphatic heterocycles. The summed E-state index contributed by atoms with van der Waals surface area (Å²) in [4.78, 5) is 14.1. The lowest BCUT2D eigenvalue weighted by Gasteiger charge is -2.30. The van der Waals surface area contributed by atoms with E-state index in [1.54, 1.807) is 7.11 Å². The summed E-state index contributed by atoms with van der Waals surface area (Å²) >= 11 is 0. The number of carbonyl (C=O) groups is 1. The first-order chi connectivity index (χ1) is 8.78. The van der Waals surface area contributed by atoms with Crippen molar-refractivity contribution in [2.45, 2.75) is 37.7 Å². The van der Waals surface area contributed by atoms with Crippen molar-refractivity contribution in [1.82, 2.24) is 10.1 Å². The van der Waals surface area contributed by atoms with Gasteiger partial charge < -0.3 is 14.2 Å². The number of likely N-dealkylation sites (tertiary alicyclic amines) is 1. The van der Waals surface area contributed by atoms with Crippen LogP contribution in [-0.2, 0) is 4.74 Å². The van der Waals surface area contributed by atoms with Crippen molar-refractivity contribution < 1.29 is 14.1 Å². The van der Waals surface area contributed by atoms with Crippen molar-refractivity contribution in [2.75, 3.05) is 20.2 Å². The maximum Gasteiger partial charge on any atom is 0.276 e. The average Bonchev–Trinajstić information content (AvgIpc) is 3.16. The molecule has 0 aromatic carbocycles. The normalized spacial score (nSPS) is 21.3. The lowest BCUT2D eigenvalue weighted by atomic mass is 10.1. The van der Waals surface area contributed by atoms with E-state index in [2.05, 4.69) is 5.16 Å². The largest absolute Gasteiger partial charge is 0.381 e. The van der Waals surface area contributed by atoms with E-state index < -0.39 is 0 Å². The van der Waals surface area contributed by atoms with Crippen molar-refractivity contribution >= 4 is 5.91 Å². The van der Waals surface area contributed by atoms with Gasteiger partial charge in [0, 0.05) is 32.2 Å². The zero-order valence-electron chi connectivity index (χ0n) is 10.6. The van der Waals surface area contributed by atoms with Crippen LogP contribution in [0.1, 0.15) is 47.8 Å². The summed E-state index contributed by atoms with van der Waals surface area (Å²) in [6.07, 6.45) is 4.39. The molecule has 98 valence electrons. The van der Waals surface area contributed by atoms with Crippen LogP contribution in [0, 0.1) is 0 Å². The Morgan fingerprint density at radius 2 is 2.11 bits per heavy atom. The number of hydrogen-bond acceptors (Lipinski definition) is 4. The first-order valence-electron chi connectivity index (χ1n) is 6.56. The molecule has 0 unspecified atom stereocenters. The molecule has 0 spiro atoms. The number of nitrogens with zero attached hydrogens (tertiary/aromatic N) is 2. The van der Waals surface area contributed by atoms with Crippen molar-refractivity contribution in [3.63, 3.8) is 0 Å². The second-order valence-corrected chi connectivity index (χ2v) is 5.12. The molecule has 1 saturated carbocycles. The standard InChI is InChI=1S/C13H18N2O3/c1-17-10-4-6-15(7-5-10)13(16)11-8-12(18-14-11)9-2-3-9/h8-10H,2-7H2,1H3. The van der Waals surface area contributed by atoms with Crippen LogP contribution in [0.25, 0.3) is 0 Å². The van der Waals surface area contributed by atoms with Gasteiger partial charge in [-0.25, -0.2) is 0 Å². The maximum absolute atomic E-state index is 12.2. The van der Waals surface area contributed by atoms with Crippen LogP contribution >= 0.6 is 0 Å². The van der Waals surface area contributed by atoms with Crippen molar-refractivity contribution in [3.05, 3.63) is 17.5 Å². The minimum Gasteiger partial charge on any atom is -0.381 e. The Bertz CT molecular complexity index is 431. The second-order valence-electron chi connectivity index (χ2n) is 5.12. The Hall–Kier alpha value is -1.36. The third kappa shape index (κ3) is 2.27. The van der Waals surface area contributed by atoms with Gasteiger partial charge in [-0.3, -0.25) is 4.79 Å². The Kier molecular flexibility index (Phi) is 3.07. The van der Waals surface area contributed by atoms with Crippen molar-refractivity contribution in [3.8, 4) is 0 Å². The molecule has 2 fully saturated rings. The van der Waals surface area contributed by atoms with Gasteiger partial charge >= 0.3 is 0 Å². The number of hydrogen-bond donors (Lipinski definition) is 0. The van der Waals surface area contributed by atoms with Gasteiger partial charge in [0.25, 0.3) is 5.91 Å². The first-order valence-corrected chi connectivity index (χ1v) is 6.56. The molecular weight excluding hydrogens is 232 g/mol. The molecule has 0 radical (unpaired) electrons. The smallest absolute Gasteiger partial charge is 0.276 e. The number of aromatic nitrogens is 1. The summed E-state index contributed by atoms with van der Waals surface area (Å²) in [5.41, 5.74) is 0.452. The quantitative estimate of drug-likeness (QED) is 0.821. The zero-order chi connectivity index (χ0) is 12.5. The van der Waals surface area contributed by atoms with Crippen LogP contribution in [0.2, 0.25) is 0 Å². The maximum atomic E-state index is 12.2. The summed E-state index contributed by atoms with van der Waals surface area (Å²) in [6.45, 7) is 1.48. The number of carbonyl (C=O) groups excluding carboxylic acids is 1. The number of rotatable bonds is 3. The van der Waals surface area contributed by atoms with Gasteiger partial charge in [-0.2, -0.15) is 0 Å². The van der Waals surface area contributed by atoms with Gasteiger partial charge in [-0.05, 0) is 25.7 Å². The van der Waals surface area contributed by atoms with E-state index in [0.717, 1.165) is 44.5 Å². The number of ether oxygens (including phenoxy) is 1. The predicted molar refractivity (Wildman–Crippen MR) is 64.4 cm³/mol. The lowest BCUT2D eigenvalue weighted by molar-refractivity contribution is 0.0345. The molecule has 1 aliphatic carbocycles. The fraction of sp³-hybridized carbons (Fsp3) is 0.692. The molecule has 1 amide bonds. The molecule has 0 atom stereocenters. The van der Waals surface area contributed by atoms with Crippen molar-refractivity contribution in [1.29, 1.82) is 0 Å². The van der Waals surface area contributed by atoms with Crippen LogP contribution in [0.4, 0.5) is 0 Å². The molecule has 0 N–H and O–H groups in total. The first kappa shape index (κ1) is 11.7. The number of methoxy groups -OCH3 is 1. The molecule has 18 heavy (non-hydrogen) atoms. The molecule has 3 rings (SSSR count). The number of piperidine rings is 1. The van der Waals surface area contributed by atoms with Crippen LogP contribution in [0.15, 0.2) is 10.6 Å². The highest BCUT2D eigenvalue weighted by Crippen LogP contribution is 2.40. The molecular formula is C13H18N2O3. The van der Waals surface area contributed by atoms with E-state index in [4.69, 9.17) is 9.26 Å². The predicted octanol–water partition coefficient (Wildman–Crippen LogP) is 1.80. The van der Waals surface area contributed by atoms with Gasteiger partial charge in [0.15, 0.2) is 5.69 Å². The van der Waals surface area contributed by atoms with Crippen LogP contribution < -0.4 is 0 Å². The van der Waals surface area contributed by atoms with Gasteiger partial charge in [0.05, 0.1) is 6.10 Å². The molecule has 5 nitrogen and oxygen atoms in total. The molecule has 1 aromatic rings. The molecule has 1 aromatic heterocycles. The minimum absolute atomic E-state index is 0.0137. The summed E-state index contributed by atoms with van der Waals surface area (Å²) in [5, 5.41) is 3.89. The van der Waals surface area contributed by atoms with Crippen LogP contribution in [0.3, 0.4) is 0 Å². The highest BCUT2D eigenvalue weighted by Gasteiger charge is 2.30. The minimum atomic E-state index is -0.0137. The molecule has 0 bridgehead atoms. The Morgan fingerprint density at radius 3 is 2.72 bits per heavy atom. The van der Waals surface area contributed by atoms with Gasteiger partial charge in [0.2, 0.25) is 0 Å². The highest BCUT2D eigenvalue weighted by molar-refractivity contribution is 5.92. The van der Waals surface area contributed by atoms with E-state index in [1.165, 1.54) is 0 Å². The fourth-order valence-electron chi connectivity index (χ4n) is 2.41.